The van der Waals surface area contributed by atoms with Crippen molar-refractivity contribution in [1.82, 2.24) is 9.78 Å². The number of rotatable bonds is 2. The van der Waals surface area contributed by atoms with Crippen LogP contribution in [-0.2, 0) is 7.05 Å². The van der Waals surface area contributed by atoms with Gasteiger partial charge in [0.2, 0.25) is 0 Å². The van der Waals surface area contributed by atoms with Crippen molar-refractivity contribution in [3.05, 3.63) is 40.2 Å². The maximum atomic E-state index is 12.3. The molecule has 0 aliphatic heterocycles. The maximum Gasteiger partial charge on any atom is 0.259 e. The average Bonchev–Trinajstić information content (AvgIpc) is 2.57. The molecule has 1 amide bonds. The van der Waals surface area contributed by atoms with Crippen LogP contribution in [0.5, 0.6) is 0 Å². The third-order valence-corrected chi connectivity index (χ3v) is 3.29. The van der Waals surface area contributed by atoms with Crippen LogP contribution in [0.3, 0.4) is 0 Å². The Hall–Kier alpha value is -2.01. The van der Waals surface area contributed by atoms with E-state index in [0.717, 1.165) is 5.69 Å². The van der Waals surface area contributed by atoms with E-state index in [0.29, 0.717) is 27.7 Å². The molecule has 5 nitrogen and oxygen atoms in total. The van der Waals surface area contributed by atoms with Crippen LogP contribution >= 0.6 is 11.6 Å². The van der Waals surface area contributed by atoms with Crippen molar-refractivity contribution in [3.8, 4) is 0 Å². The van der Waals surface area contributed by atoms with E-state index in [1.54, 1.807) is 36.9 Å². The van der Waals surface area contributed by atoms with E-state index in [2.05, 4.69) is 10.4 Å². The Bertz CT molecular complexity index is 648. The molecule has 0 unspecified atom stereocenters. The van der Waals surface area contributed by atoms with Crippen LogP contribution in [-0.4, -0.2) is 15.7 Å². The molecule has 19 heavy (non-hydrogen) atoms. The molecule has 3 N–H and O–H groups in total. The third-order valence-electron chi connectivity index (χ3n) is 2.98. The summed E-state index contributed by atoms with van der Waals surface area (Å²) in [5, 5.41) is 7.39. The molecule has 100 valence electrons. The number of nitrogens with one attached hydrogen (secondary N) is 1. The van der Waals surface area contributed by atoms with Gasteiger partial charge in [-0.3, -0.25) is 9.48 Å². The van der Waals surface area contributed by atoms with E-state index in [4.69, 9.17) is 17.3 Å². The van der Waals surface area contributed by atoms with Crippen LogP contribution in [0.15, 0.2) is 18.2 Å². The number of nitrogens with two attached hydrogens (primary N) is 1. The van der Waals surface area contributed by atoms with E-state index in [1.807, 2.05) is 6.92 Å². The van der Waals surface area contributed by atoms with Crippen molar-refractivity contribution >= 4 is 28.9 Å². The number of carbonyl (C=O) groups is 1. The van der Waals surface area contributed by atoms with Crippen molar-refractivity contribution in [1.29, 1.82) is 0 Å². The molecule has 6 heteroatoms. The Kier molecular flexibility index (Phi) is 3.48. The zero-order valence-corrected chi connectivity index (χ0v) is 11.7. The molecule has 1 aromatic heterocycles. The van der Waals surface area contributed by atoms with E-state index < -0.39 is 0 Å². The van der Waals surface area contributed by atoms with Crippen LogP contribution in [0.2, 0.25) is 5.02 Å². The lowest BCUT2D eigenvalue weighted by atomic mass is 10.2. The maximum absolute atomic E-state index is 12.3. The van der Waals surface area contributed by atoms with E-state index in [1.165, 1.54) is 0 Å². The minimum atomic E-state index is -0.227. The highest BCUT2D eigenvalue weighted by Crippen LogP contribution is 2.25. The molecular weight excluding hydrogens is 264 g/mol. The van der Waals surface area contributed by atoms with Crippen molar-refractivity contribution < 1.29 is 4.79 Å². The first-order valence-corrected chi connectivity index (χ1v) is 6.14. The largest absolute Gasteiger partial charge is 0.399 e. The predicted molar refractivity (Wildman–Crippen MR) is 76.5 cm³/mol. The van der Waals surface area contributed by atoms with Crippen LogP contribution in [0, 0.1) is 13.8 Å². The minimum Gasteiger partial charge on any atom is -0.399 e. The monoisotopic (exact) mass is 278 g/mol. The molecule has 0 bridgehead atoms. The van der Waals surface area contributed by atoms with Crippen LogP contribution < -0.4 is 11.1 Å². The molecule has 1 heterocycles. The van der Waals surface area contributed by atoms with Gasteiger partial charge >= 0.3 is 0 Å². The zero-order chi connectivity index (χ0) is 14.2. The Morgan fingerprint density at radius 3 is 2.63 bits per heavy atom. The van der Waals surface area contributed by atoms with Crippen LogP contribution in [0.1, 0.15) is 21.7 Å². The first kappa shape index (κ1) is 13.4. The van der Waals surface area contributed by atoms with Crippen molar-refractivity contribution in [3.63, 3.8) is 0 Å². The quantitative estimate of drug-likeness (QED) is 0.829. The first-order valence-electron chi connectivity index (χ1n) is 5.76. The lowest BCUT2D eigenvalue weighted by Gasteiger charge is -2.08. The van der Waals surface area contributed by atoms with Gasteiger partial charge in [0.1, 0.15) is 0 Å². The molecule has 0 radical (unpaired) electrons. The number of anilines is 2. The second-order valence-electron chi connectivity index (χ2n) is 4.36. The Morgan fingerprint density at radius 1 is 1.42 bits per heavy atom. The second-order valence-corrected chi connectivity index (χ2v) is 4.77. The number of carbonyl (C=O) groups excluding carboxylic acids is 1. The summed E-state index contributed by atoms with van der Waals surface area (Å²) in [4.78, 5) is 12.3. The average molecular weight is 279 g/mol. The fourth-order valence-electron chi connectivity index (χ4n) is 1.92. The second kappa shape index (κ2) is 4.93. The number of amides is 1. The molecule has 0 fully saturated rings. The van der Waals surface area contributed by atoms with Gasteiger partial charge in [0.25, 0.3) is 5.91 Å². The summed E-state index contributed by atoms with van der Waals surface area (Å²) in [6.45, 7) is 3.64. The molecule has 0 spiro atoms. The van der Waals surface area contributed by atoms with E-state index >= 15 is 0 Å². The SMILES string of the molecule is Cc1nn(C)c(C)c1C(=O)Nc1ccc(N)cc1Cl. The minimum absolute atomic E-state index is 0.227. The smallest absolute Gasteiger partial charge is 0.259 e. The lowest BCUT2D eigenvalue weighted by Crippen LogP contribution is -2.14. The number of benzene rings is 1. The van der Waals surface area contributed by atoms with Gasteiger partial charge in [-0.05, 0) is 32.0 Å². The summed E-state index contributed by atoms with van der Waals surface area (Å²) in [6, 6.07) is 4.96. The van der Waals surface area contributed by atoms with Gasteiger partial charge < -0.3 is 11.1 Å². The van der Waals surface area contributed by atoms with Crippen molar-refractivity contribution in [2.24, 2.45) is 7.05 Å². The summed E-state index contributed by atoms with van der Waals surface area (Å²) < 4.78 is 1.68. The van der Waals surface area contributed by atoms with Gasteiger partial charge in [-0.1, -0.05) is 11.6 Å². The molecule has 0 atom stereocenters. The van der Waals surface area contributed by atoms with E-state index in [-0.39, 0.29) is 5.91 Å². The molecule has 2 rings (SSSR count). The van der Waals surface area contributed by atoms with Gasteiger partial charge in [-0.2, -0.15) is 5.10 Å². The Morgan fingerprint density at radius 2 is 2.11 bits per heavy atom. The summed E-state index contributed by atoms with van der Waals surface area (Å²) in [5.41, 5.74) is 8.75. The van der Waals surface area contributed by atoms with Gasteiger partial charge in [0.15, 0.2) is 0 Å². The number of nitrogens with zero attached hydrogens (tertiary/aromatic N) is 2. The highest BCUT2D eigenvalue weighted by atomic mass is 35.5. The number of halogens is 1. The normalized spacial score (nSPS) is 10.5. The fraction of sp³-hybridized carbons (Fsp3) is 0.231. The Labute approximate surface area is 116 Å². The van der Waals surface area contributed by atoms with Gasteiger partial charge in [-0.15, -0.1) is 0 Å². The predicted octanol–water partition coefficient (Wildman–Crippen LogP) is 2.52. The van der Waals surface area contributed by atoms with Gasteiger partial charge in [-0.25, -0.2) is 0 Å². The molecule has 0 saturated carbocycles. The summed E-state index contributed by atoms with van der Waals surface area (Å²) >= 11 is 6.03. The number of hydrogen-bond donors (Lipinski definition) is 2. The molecule has 2 aromatic rings. The van der Waals surface area contributed by atoms with E-state index in [9.17, 15) is 4.79 Å². The Balaban J connectivity index is 2.31. The molecular formula is C13H15ClN4O. The standard InChI is InChI=1S/C13H15ClN4O/c1-7-12(8(2)18(3)17-7)13(19)16-11-5-4-9(15)6-10(11)14/h4-6H,15H2,1-3H3,(H,16,19). The molecule has 1 aromatic carbocycles. The van der Waals surface area contributed by atoms with Crippen LogP contribution in [0.4, 0.5) is 11.4 Å². The highest BCUT2D eigenvalue weighted by molar-refractivity contribution is 6.34. The zero-order valence-electron chi connectivity index (χ0n) is 11.0. The number of nitrogen functional groups attached to an aromatic ring is 1. The molecule has 0 aliphatic rings. The summed E-state index contributed by atoms with van der Waals surface area (Å²) in [7, 11) is 1.80. The van der Waals surface area contributed by atoms with Crippen molar-refractivity contribution in [2.75, 3.05) is 11.1 Å². The number of aryl methyl sites for hydroxylation is 2. The summed E-state index contributed by atoms with van der Waals surface area (Å²) in [5.74, 6) is -0.227. The molecule has 0 saturated heterocycles. The first-order chi connectivity index (χ1) is 8.90. The van der Waals surface area contributed by atoms with Crippen molar-refractivity contribution in [2.45, 2.75) is 13.8 Å². The molecule has 0 aliphatic carbocycles. The fourth-order valence-corrected chi connectivity index (χ4v) is 2.16. The topological polar surface area (TPSA) is 72.9 Å². The van der Waals surface area contributed by atoms with Gasteiger partial charge in [0.05, 0.1) is 22.0 Å². The number of hydrogen-bond acceptors (Lipinski definition) is 3. The number of aromatic nitrogens is 2. The highest BCUT2D eigenvalue weighted by Gasteiger charge is 2.18. The third kappa shape index (κ3) is 2.56. The van der Waals surface area contributed by atoms with Crippen LogP contribution in [0.25, 0.3) is 0 Å². The van der Waals surface area contributed by atoms with Gasteiger partial charge in [0, 0.05) is 18.4 Å². The summed E-state index contributed by atoms with van der Waals surface area (Å²) in [6.07, 6.45) is 0. The lowest BCUT2D eigenvalue weighted by molar-refractivity contribution is 0.102.